The van der Waals surface area contributed by atoms with E-state index in [2.05, 4.69) is 0 Å². The molecule has 0 bridgehead atoms. The molecule has 0 spiro atoms. The number of nitro groups is 1. The molecule has 6 nitrogen and oxygen atoms in total. The monoisotopic (exact) mass is 209 g/mol. The molecule has 78 valence electrons. The normalized spacial score (nSPS) is 9.67. The number of nitrogens with zero attached hydrogens (tertiary/aromatic N) is 1. The van der Waals surface area contributed by atoms with Gasteiger partial charge >= 0.3 is 5.97 Å². The van der Waals surface area contributed by atoms with E-state index >= 15 is 0 Å². The third-order valence-corrected chi connectivity index (χ3v) is 1.86. The van der Waals surface area contributed by atoms with E-state index in [0.717, 1.165) is 6.07 Å². The Kier molecular flexibility index (Phi) is 2.80. The fraction of sp³-hybridized carbons (Fsp3) is 0.111. The number of nitro benzene ring substituents is 1. The van der Waals surface area contributed by atoms with Crippen molar-refractivity contribution in [2.24, 2.45) is 0 Å². The van der Waals surface area contributed by atoms with Gasteiger partial charge in [-0.05, 0) is 6.92 Å². The maximum absolute atomic E-state index is 11.0. The van der Waals surface area contributed by atoms with Gasteiger partial charge in [-0.3, -0.25) is 14.9 Å². The number of aliphatic carboxylic acids is 1. The number of carboxylic acids is 1. The summed E-state index contributed by atoms with van der Waals surface area (Å²) in [5, 5.41) is 18.9. The molecule has 0 aromatic heterocycles. The highest BCUT2D eigenvalue weighted by atomic mass is 16.6. The first kappa shape index (κ1) is 10.8. The highest BCUT2D eigenvalue weighted by Crippen LogP contribution is 2.19. The van der Waals surface area contributed by atoms with Crippen molar-refractivity contribution >= 4 is 17.4 Å². The predicted octanol–water partition coefficient (Wildman–Crippen LogP) is 1.17. The van der Waals surface area contributed by atoms with Gasteiger partial charge in [0, 0.05) is 17.2 Å². The van der Waals surface area contributed by atoms with E-state index in [4.69, 9.17) is 5.11 Å². The van der Waals surface area contributed by atoms with E-state index < -0.39 is 16.7 Å². The minimum atomic E-state index is -1.63. The fourth-order valence-electron chi connectivity index (χ4n) is 1.07. The molecule has 0 aliphatic carbocycles. The second-order valence-corrected chi connectivity index (χ2v) is 2.89. The number of benzene rings is 1. The second-order valence-electron chi connectivity index (χ2n) is 2.89. The molecule has 0 unspecified atom stereocenters. The number of hydrogen-bond acceptors (Lipinski definition) is 4. The molecule has 0 aliphatic rings. The van der Waals surface area contributed by atoms with Crippen LogP contribution in [-0.2, 0) is 4.79 Å². The Morgan fingerprint density at radius 1 is 1.40 bits per heavy atom. The molecule has 0 atom stereocenters. The van der Waals surface area contributed by atoms with E-state index in [1.165, 1.54) is 19.1 Å². The van der Waals surface area contributed by atoms with Gasteiger partial charge in [0.05, 0.1) is 4.92 Å². The van der Waals surface area contributed by atoms with E-state index in [1.54, 1.807) is 0 Å². The molecule has 1 aromatic carbocycles. The number of Topliss-reactive ketones (excluding diaryl/α,β-unsaturated/α-hetero) is 1. The van der Waals surface area contributed by atoms with Crippen LogP contribution in [0.2, 0.25) is 0 Å². The lowest BCUT2D eigenvalue weighted by Crippen LogP contribution is -2.12. The van der Waals surface area contributed by atoms with Gasteiger partial charge in [0.25, 0.3) is 11.5 Å². The van der Waals surface area contributed by atoms with Crippen molar-refractivity contribution in [1.82, 2.24) is 0 Å². The minimum Gasteiger partial charge on any atom is -0.475 e. The van der Waals surface area contributed by atoms with Crippen molar-refractivity contribution in [2.75, 3.05) is 0 Å². The molecule has 1 N–H and O–H groups in total. The largest absolute Gasteiger partial charge is 0.475 e. The van der Waals surface area contributed by atoms with Crippen LogP contribution < -0.4 is 0 Å². The molecule has 0 aliphatic heterocycles. The number of aryl methyl sites for hydroxylation is 1. The molecular weight excluding hydrogens is 202 g/mol. The Bertz CT molecular complexity index is 452. The fourth-order valence-corrected chi connectivity index (χ4v) is 1.07. The van der Waals surface area contributed by atoms with Crippen LogP contribution in [0.4, 0.5) is 5.69 Å². The average molecular weight is 209 g/mol. The maximum Gasteiger partial charge on any atom is 0.377 e. The molecule has 1 rings (SSSR count). The zero-order valence-electron chi connectivity index (χ0n) is 7.76. The summed E-state index contributed by atoms with van der Waals surface area (Å²) in [7, 11) is 0. The number of hydrogen-bond donors (Lipinski definition) is 1. The van der Waals surface area contributed by atoms with Gasteiger partial charge in [-0.2, -0.15) is 0 Å². The first-order valence-corrected chi connectivity index (χ1v) is 3.96. The SMILES string of the molecule is Cc1ccc(C(=O)C(=O)O)cc1[N+](=O)[O-]. The van der Waals surface area contributed by atoms with Gasteiger partial charge in [-0.1, -0.05) is 12.1 Å². The molecular formula is C9H7NO5. The summed E-state index contributed by atoms with van der Waals surface area (Å²) in [6.45, 7) is 1.51. The van der Waals surface area contributed by atoms with E-state index in [0.29, 0.717) is 5.56 Å². The van der Waals surface area contributed by atoms with Crippen molar-refractivity contribution in [3.05, 3.63) is 39.4 Å². The number of ketones is 1. The third kappa shape index (κ3) is 2.16. The summed E-state index contributed by atoms with van der Waals surface area (Å²) in [6, 6.07) is 3.55. The van der Waals surface area contributed by atoms with Crippen molar-refractivity contribution in [1.29, 1.82) is 0 Å². The summed E-state index contributed by atoms with van der Waals surface area (Å²) in [5.41, 5.74) is -0.0798. The summed E-state index contributed by atoms with van der Waals surface area (Å²) >= 11 is 0. The number of rotatable bonds is 3. The summed E-state index contributed by atoms with van der Waals surface area (Å²) in [5.74, 6) is -2.79. The second kappa shape index (κ2) is 3.87. The summed E-state index contributed by atoms with van der Waals surface area (Å²) < 4.78 is 0. The molecule has 1 aromatic rings. The lowest BCUT2D eigenvalue weighted by atomic mass is 10.1. The van der Waals surface area contributed by atoms with Crippen molar-refractivity contribution in [3.63, 3.8) is 0 Å². The first-order valence-electron chi connectivity index (χ1n) is 3.96. The molecule has 0 saturated heterocycles. The van der Waals surface area contributed by atoms with Crippen molar-refractivity contribution in [3.8, 4) is 0 Å². The van der Waals surface area contributed by atoms with Gasteiger partial charge in [0.2, 0.25) is 0 Å². The van der Waals surface area contributed by atoms with Crippen LogP contribution in [0.3, 0.4) is 0 Å². The smallest absolute Gasteiger partial charge is 0.377 e. The highest BCUT2D eigenvalue weighted by molar-refractivity contribution is 6.39. The molecule has 0 saturated carbocycles. The van der Waals surface area contributed by atoms with Gasteiger partial charge in [0.15, 0.2) is 0 Å². The first-order chi connectivity index (χ1) is 6.93. The van der Waals surface area contributed by atoms with E-state index in [-0.39, 0.29) is 11.3 Å². The molecule has 6 heteroatoms. The predicted molar refractivity (Wildman–Crippen MR) is 49.8 cm³/mol. The Hall–Kier alpha value is -2.24. The number of carbonyl (C=O) groups is 2. The Morgan fingerprint density at radius 2 is 2.00 bits per heavy atom. The van der Waals surface area contributed by atoms with Gasteiger partial charge < -0.3 is 5.11 Å². The van der Waals surface area contributed by atoms with E-state index in [1.807, 2.05) is 0 Å². The zero-order chi connectivity index (χ0) is 11.6. The van der Waals surface area contributed by atoms with Gasteiger partial charge in [0.1, 0.15) is 0 Å². The molecule has 0 fully saturated rings. The van der Waals surface area contributed by atoms with Crippen LogP contribution in [0, 0.1) is 17.0 Å². The summed E-state index contributed by atoms with van der Waals surface area (Å²) in [4.78, 5) is 31.2. The third-order valence-electron chi connectivity index (χ3n) is 1.86. The molecule has 0 radical (unpaired) electrons. The minimum absolute atomic E-state index is 0.195. The lowest BCUT2D eigenvalue weighted by molar-refractivity contribution is -0.385. The maximum atomic E-state index is 11.0. The Morgan fingerprint density at radius 3 is 2.47 bits per heavy atom. The van der Waals surface area contributed by atoms with Crippen molar-refractivity contribution in [2.45, 2.75) is 6.92 Å². The van der Waals surface area contributed by atoms with Crippen LogP contribution in [0.5, 0.6) is 0 Å². The topological polar surface area (TPSA) is 97.5 Å². The Labute approximate surface area is 84.3 Å². The number of carboxylic acid groups (broad SMARTS) is 1. The highest BCUT2D eigenvalue weighted by Gasteiger charge is 2.19. The average Bonchev–Trinajstić information content (AvgIpc) is 2.16. The number of carbonyl (C=O) groups excluding carboxylic acids is 1. The van der Waals surface area contributed by atoms with Gasteiger partial charge in [-0.25, -0.2) is 4.79 Å². The summed E-state index contributed by atoms with van der Waals surface area (Å²) in [6.07, 6.45) is 0. The quantitative estimate of drug-likeness (QED) is 0.348. The molecule has 15 heavy (non-hydrogen) atoms. The van der Waals surface area contributed by atoms with Crippen molar-refractivity contribution < 1.29 is 19.6 Å². The Balaban J connectivity index is 3.25. The van der Waals surface area contributed by atoms with Gasteiger partial charge in [-0.15, -0.1) is 0 Å². The van der Waals surface area contributed by atoms with Crippen LogP contribution in [0.1, 0.15) is 15.9 Å². The molecule has 0 heterocycles. The standard InChI is InChI=1S/C9H7NO5/c1-5-2-3-6(8(11)9(12)13)4-7(5)10(14)15/h2-4H,1H3,(H,12,13). The lowest BCUT2D eigenvalue weighted by Gasteiger charge is -1.99. The van der Waals surface area contributed by atoms with Crippen LogP contribution in [-0.4, -0.2) is 21.8 Å². The van der Waals surface area contributed by atoms with Crippen LogP contribution in [0.25, 0.3) is 0 Å². The van der Waals surface area contributed by atoms with Crippen LogP contribution in [0.15, 0.2) is 18.2 Å². The van der Waals surface area contributed by atoms with Crippen LogP contribution >= 0.6 is 0 Å². The zero-order valence-corrected chi connectivity index (χ0v) is 7.76. The molecule has 0 amide bonds. The van der Waals surface area contributed by atoms with E-state index in [9.17, 15) is 19.7 Å².